The lowest BCUT2D eigenvalue weighted by atomic mass is 10.2. The zero-order chi connectivity index (χ0) is 13.6. The Morgan fingerprint density at radius 3 is 2.84 bits per heavy atom. The van der Waals surface area contributed by atoms with Gasteiger partial charge in [-0.1, -0.05) is 19.4 Å². The van der Waals surface area contributed by atoms with Crippen molar-refractivity contribution in [2.45, 2.75) is 38.1 Å². The molecule has 0 N–H and O–H groups in total. The van der Waals surface area contributed by atoms with Gasteiger partial charge in [0.1, 0.15) is 5.82 Å². The number of nitrogens with zero attached hydrogens (tertiary/aromatic N) is 2. The second kappa shape index (κ2) is 4.75. The minimum absolute atomic E-state index is 0.0149. The van der Waals surface area contributed by atoms with Crippen LogP contribution in [0.3, 0.4) is 0 Å². The van der Waals surface area contributed by atoms with E-state index in [2.05, 4.69) is 16.5 Å². The van der Waals surface area contributed by atoms with Crippen LogP contribution in [0.5, 0.6) is 0 Å². The number of aromatic nitrogens is 2. The summed E-state index contributed by atoms with van der Waals surface area (Å²) in [6.07, 6.45) is -0.206. The standard InChI is InChI=1S/C14H15ClF2N2/c1-2-8-6-12(8)19-11-4-3-9(14(16)17)5-10(11)18-13(19)7-15/h3-5,8,12,14H,2,6-7H2,1H3. The molecule has 2 atom stereocenters. The molecule has 2 aromatic rings. The molecule has 2 unspecified atom stereocenters. The highest BCUT2D eigenvalue weighted by Gasteiger charge is 2.39. The van der Waals surface area contributed by atoms with E-state index in [1.807, 2.05) is 0 Å². The van der Waals surface area contributed by atoms with Crippen molar-refractivity contribution in [2.24, 2.45) is 5.92 Å². The van der Waals surface area contributed by atoms with Gasteiger partial charge in [0, 0.05) is 11.6 Å². The molecule has 1 heterocycles. The smallest absolute Gasteiger partial charge is 0.263 e. The fourth-order valence-electron chi connectivity index (χ4n) is 2.75. The predicted octanol–water partition coefficient (Wildman–Crippen LogP) is 4.68. The van der Waals surface area contributed by atoms with Gasteiger partial charge in [-0.05, 0) is 24.5 Å². The fourth-order valence-corrected chi connectivity index (χ4v) is 2.94. The summed E-state index contributed by atoms with van der Waals surface area (Å²) in [6.45, 7) is 2.17. The Labute approximate surface area is 115 Å². The largest absolute Gasteiger partial charge is 0.324 e. The van der Waals surface area contributed by atoms with Crippen molar-refractivity contribution < 1.29 is 8.78 Å². The Bertz CT molecular complexity index is 609. The predicted molar refractivity (Wildman–Crippen MR) is 71.7 cm³/mol. The third kappa shape index (κ3) is 2.12. The molecule has 1 fully saturated rings. The maximum Gasteiger partial charge on any atom is 0.263 e. The van der Waals surface area contributed by atoms with E-state index in [9.17, 15) is 8.78 Å². The molecule has 3 rings (SSSR count). The second-order valence-electron chi connectivity index (χ2n) is 5.05. The molecule has 2 nitrogen and oxygen atoms in total. The van der Waals surface area contributed by atoms with Crippen LogP contribution in [0.1, 0.15) is 43.6 Å². The van der Waals surface area contributed by atoms with Crippen LogP contribution in [0.25, 0.3) is 11.0 Å². The van der Waals surface area contributed by atoms with Crippen molar-refractivity contribution in [1.82, 2.24) is 9.55 Å². The summed E-state index contributed by atoms with van der Waals surface area (Å²) in [6, 6.07) is 5.12. The minimum Gasteiger partial charge on any atom is -0.324 e. The number of halogens is 3. The highest BCUT2D eigenvalue weighted by atomic mass is 35.5. The molecule has 1 saturated carbocycles. The highest BCUT2D eigenvalue weighted by Crippen LogP contribution is 2.47. The molecule has 0 radical (unpaired) electrons. The van der Waals surface area contributed by atoms with Crippen LogP contribution in [-0.4, -0.2) is 9.55 Å². The molecule has 0 spiro atoms. The molecule has 5 heteroatoms. The monoisotopic (exact) mass is 284 g/mol. The van der Waals surface area contributed by atoms with Crippen molar-refractivity contribution in [1.29, 1.82) is 0 Å². The van der Waals surface area contributed by atoms with Crippen LogP contribution in [-0.2, 0) is 5.88 Å². The minimum atomic E-state index is -2.46. The topological polar surface area (TPSA) is 17.8 Å². The lowest BCUT2D eigenvalue weighted by molar-refractivity contribution is 0.151. The summed E-state index contributed by atoms with van der Waals surface area (Å²) in [4.78, 5) is 4.40. The molecule has 1 aliphatic rings. The summed E-state index contributed by atoms with van der Waals surface area (Å²) in [5, 5.41) is 0. The molecule has 0 bridgehead atoms. The Morgan fingerprint density at radius 2 is 2.26 bits per heavy atom. The number of imidazole rings is 1. The SMILES string of the molecule is CCC1CC1n1c(CCl)nc2cc(C(F)F)ccc21. The Balaban J connectivity index is 2.10. The van der Waals surface area contributed by atoms with Crippen LogP contribution in [0.15, 0.2) is 18.2 Å². The van der Waals surface area contributed by atoms with E-state index in [-0.39, 0.29) is 5.56 Å². The average molecular weight is 285 g/mol. The van der Waals surface area contributed by atoms with E-state index in [4.69, 9.17) is 11.6 Å². The zero-order valence-electron chi connectivity index (χ0n) is 10.6. The Hall–Kier alpha value is -1.16. The molecule has 0 saturated heterocycles. The van der Waals surface area contributed by atoms with E-state index in [1.54, 1.807) is 6.07 Å². The third-order valence-corrected chi connectivity index (χ3v) is 4.14. The normalized spacial score (nSPS) is 22.4. The van der Waals surface area contributed by atoms with Gasteiger partial charge in [-0.25, -0.2) is 13.8 Å². The van der Waals surface area contributed by atoms with Gasteiger partial charge in [0.05, 0.1) is 16.9 Å². The first-order valence-electron chi connectivity index (χ1n) is 6.50. The lowest BCUT2D eigenvalue weighted by Gasteiger charge is -2.07. The number of rotatable bonds is 4. The second-order valence-corrected chi connectivity index (χ2v) is 5.32. The quantitative estimate of drug-likeness (QED) is 0.745. The van der Waals surface area contributed by atoms with Crippen molar-refractivity contribution in [3.8, 4) is 0 Å². The maximum absolute atomic E-state index is 12.7. The van der Waals surface area contributed by atoms with Gasteiger partial charge in [-0.15, -0.1) is 11.6 Å². The van der Waals surface area contributed by atoms with Gasteiger partial charge in [-0.3, -0.25) is 0 Å². The third-order valence-electron chi connectivity index (χ3n) is 3.90. The molecule has 102 valence electrons. The summed E-state index contributed by atoms with van der Waals surface area (Å²) >= 11 is 5.94. The lowest BCUT2D eigenvalue weighted by Crippen LogP contribution is -2.01. The number of alkyl halides is 3. The van der Waals surface area contributed by atoms with E-state index in [0.29, 0.717) is 23.4 Å². The van der Waals surface area contributed by atoms with Crippen LogP contribution < -0.4 is 0 Å². The number of hydrogen-bond donors (Lipinski definition) is 0. The van der Waals surface area contributed by atoms with Gasteiger partial charge < -0.3 is 4.57 Å². The van der Waals surface area contributed by atoms with Crippen molar-refractivity contribution >= 4 is 22.6 Å². The van der Waals surface area contributed by atoms with Gasteiger partial charge in [0.2, 0.25) is 0 Å². The molecule has 1 aromatic heterocycles. The molecular formula is C14H15ClF2N2. The van der Waals surface area contributed by atoms with Crippen molar-refractivity contribution in [3.05, 3.63) is 29.6 Å². The summed E-state index contributed by atoms with van der Waals surface area (Å²) < 4.78 is 27.6. The molecule has 1 aliphatic carbocycles. The summed E-state index contributed by atoms with van der Waals surface area (Å²) in [5.41, 5.74) is 1.55. The average Bonchev–Trinajstić information content (AvgIpc) is 3.09. The molecule has 0 amide bonds. The number of benzene rings is 1. The first-order chi connectivity index (χ1) is 9.15. The van der Waals surface area contributed by atoms with Crippen LogP contribution in [0.2, 0.25) is 0 Å². The Morgan fingerprint density at radius 1 is 1.47 bits per heavy atom. The van der Waals surface area contributed by atoms with E-state index in [0.717, 1.165) is 24.2 Å². The van der Waals surface area contributed by atoms with E-state index >= 15 is 0 Å². The maximum atomic E-state index is 12.7. The summed E-state index contributed by atoms with van der Waals surface area (Å²) in [5.74, 6) is 1.75. The van der Waals surface area contributed by atoms with Crippen molar-refractivity contribution in [2.75, 3.05) is 0 Å². The zero-order valence-corrected chi connectivity index (χ0v) is 11.4. The van der Waals surface area contributed by atoms with Crippen LogP contribution in [0.4, 0.5) is 8.78 Å². The molecular weight excluding hydrogens is 270 g/mol. The van der Waals surface area contributed by atoms with Crippen LogP contribution >= 0.6 is 11.6 Å². The first kappa shape index (κ1) is 12.9. The first-order valence-corrected chi connectivity index (χ1v) is 7.04. The molecule has 1 aromatic carbocycles. The Kier molecular flexibility index (Phi) is 3.21. The fraction of sp³-hybridized carbons (Fsp3) is 0.500. The van der Waals surface area contributed by atoms with Crippen LogP contribution in [0, 0.1) is 5.92 Å². The van der Waals surface area contributed by atoms with Gasteiger partial charge in [-0.2, -0.15) is 0 Å². The van der Waals surface area contributed by atoms with Gasteiger partial charge in [0.25, 0.3) is 6.43 Å². The molecule has 19 heavy (non-hydrogen) atoms. The van der Waals surface area contributed by atoms with Crippen molar-refractivity contribution in [3.63, 3.8) is 0 Å². The van der Waals surface area contributed by atoms with E-state index in [1.165, 1.54) is 12.1 Å². The summed E-state index contributed by atoms with van der Waals surface area (Å²) in [7, 11) is 0. The number of hydrogen-bond acceptors (Lipinski definition) is 1. The van der Waals surface area contributed by atoms with E-state index < -0.39 is 6.43 Å². The molecule has 0 aliphatic heterocycles. The number of fused-ring (bicyclic) bond motifs is 1. The highest BCUT2D eigenvalue weighted by molar-refractivity contribution is 6.16. The van der Waals surface area contributed by atoms with Gasteiger partial charge in [0.15, 0.2) is 0 Å². The van der Waals surface area contributed by atoms with Gasteiger partial charge >= 0.3 is 0 Å².